The van der Waals surface area contributed by atoms with E-state index in [1.807, 2.05) is 30.5 Å². The summed E-state index contributed by atoms with van der Waals surface area (Å²) in [6, 6.07) is 8.07. The molecule has 0 saturated heterocycles. The van der Waals surface area contributed by atoms with Crippen molar-refractivity contribution in [3.05, 3.63) is 36.0 Å². The van der Waals surface area contributed by atoms with Gasteiger partial charge in [0.25, 0.3) is 0 Å². The molecule has 2 rings (SSSR count). The second-order valence-electron chi connectivity index (χ2n) is 3.45. The molecule has 1 heterocycles. The van der Waals surface area contributed by atoms with Crippen molar-refractivity contribution in [1.82, 2.24) is 4.98 Å². The highest BCUT2D eigenvalue weighted by Crippen LogP contribution is 2.17. The van der Waals surface area contributed by atoms with Gasteiger partial charge in [-0.05, 0) is 17.0 Å². The molecule has 0 saturated carbocycles. The first-order chi connectivity index (χ1) is 6.81. The summed E-state index contributed by atoms with van der Waals surface area (Å²) in [5.41, 5.74) is 7.59. The summed E-state index contributed by atoms with van der Waals surface area (Å²) in [6.45, 7) is 0.303. The quantitative estimate of drug-likeness (QED) is 0.677. The monoisotopic (exact) mass is 190 g/mol. The van der Waals surface area contributed by atoms with E-state index in [9.17, 15) is 5.11 Å². The predicted molar refractivity (Wildman–Crippen MR) is 57.1 cm³/mol. The van der Waals surface area contributed by atoms with Crippen molar-refractivity contribution in [1.29, 1.82) is 0 Å². The highest BCUT2D eigenvalue weighted by atomic mass is 16.3. The average Bonchev–Trinajstić information content (AvgIpc) is 2.66. The van der Waals surface area contributed by atoms with Crippen LogP contribution in [-0.2, 0) is 6.42 Å². The van der Waals surface area contributed by atoms with Gasteiger partial charge < -0.3 is 15.8 Å². The van der Waals surface area contributed by atoms with Crippen LogP contribution in [0.25, 0.3) is 10.9 Å². The third-order valence-electron chi connectivity index (χ3n) is 2.40. The van der Waals surface area contributed by atoms with E-state index in [2.05, 4.69) is 4.98 Å². The Hall–Kier alpha value is -1.32. The third kappa shape index (κ3) is 1.64. The van der Waals surface area contributed by atoms with Crippen LogP contribution >= 0.6 is 0 Å². The molecule has 14 heavy (non-hydrogen) atoms. The first-order valence-electron chi connectivity index (χ1n) is 4.74. The molecule has 1 unspecified atom stereocenters. The molecule has 2 aromatic rings. The summed E-state index contributed by atoms with van der Waals surface area (Å²) in [7, 11) is 0. The van der Waals surface area contributed by atoms with Crippen molar-refractivity contribution < 1.29 is 5.11 Å². The summed E-state index contributed by atoms with van der Waals surface area (Å²) in [4.78, 5) is 3.17. The average molecular weight is 190 g/mol. The van der Waals surface area contributed by atoms with Gasteiger partial charge in [0.1, 0.15) is 0 Å². The summed E-state index contributed by atoms with van der Waals surface area (Å²) in [6.07, 6.45) is 2.06. The van der Waals surface area contributed by atoms with E-state index in [1.54, 1.807) is 0 Å². The number of aromatic nitrogens is 1. The number of para-hydroxylation sites is 1. The van der Waals surface area contributed by atoms with Crippen molar-refractivity contribution >= 4 is 10.9 Å². The molecule has 0 spiro atoms. The SMILES string of the molecule is NCC(O)Cc1cccc2cc[nH]c12. The van der Waals surface area contributed by atoms with Gasteiger partial charge in [-0.3, -0.25) is 0 Å². The second-order valence-corrected chi connectivity index (χ2v) is 3.45. The standard InChI is InChI=1S/C11H14N2O/c12-7-10(14)6-9-3-1-2-8-4-5-13-11(8)9/h1-5,10,13-14H,6-7,12H2. The molecule has 0 aliphatic heterocycles. The summed E-state index contributed by atoms with van der Waals surface area (Å²) < 4.78 is 0. The van der Waals surface area contributed by atoms with Crippen LogP contribution in [0.2, 0.25) is 0 Å². The minimum Gasteiger partial charge on any atom is -0.391 e. The zero-order chi connectivity index (χ0) is 9.97. The molecule has 0 fully saturated rings. The van der Waals surface area contributed by atoms with Crippen LogP contribution in [0.4, 0.5) is 0 Å². The Morgan fingerprint density at radius 2 is 2.21 bits per heavy atom. The third-order valence-corrected chi connectivity index (χ3v) is 2.40. The van der Waals surface area contributed by atoms with Crippen molar-refractivity contribution in [2.75, 3.05) is 6.54 Å². The van der Waals surface area contributed by atoms with E-state index in [0.29, 0.717) is 13.0 Å². The molecular formula is C11H14N2O. The number of aliphatic hydroxyl groups excluding tert-OH is 1. The van der Waals surface area contributed by atoms with Gasteiger partial charge in [-0.1, -0.05) is 18.2 Å². The number of nitrogens with one attached hydrogen (secondary N) is 1. The number of benzene rings is 1. The van der Waals surface area contributed by atoms with Crippen molar-refractivity contribution in [3.63, 3.8) is 0 Å². The maximum absolute atomic E-state index is 9.47. The van der Waals surface area contributed by atoms with Crippen molar-refractivity contribution in [3.8, 4) is 0 Å². The maximum Gasteiger partial charge on any atom is 0.0703 e. The Bertz CT molecular complexity index is 422. The van der Waals surface area contributed by atoms with Gasteiger partial charge in [0.05, 0.1) is 6.10 Å². The van der Waals surface area contributed by atoms with Crippen LogP contribution in [0.3, 0.4) is 0 Å². The van der Waals surface area contributed by atoms with Crippen molar-refractivity contribution in [2.45, 2.75) is 12.5 Å². The molecule has 3 nitrogen and oxygen atoms in total. The van der Waals surface area contributed by atoms with Crippen LogP contribution < -0.4 is 5.73 Å². The topological polar surface area (TPSA) is 62.0 Å². The van der Waals surface area contributed by atoms with Gasteiger partial charge in [0, 0.05) is 24.7 Å². The van der Waals surface area contributed by atoms with Crippen molar-refractivity contribution in [2.24, 2.45) is 5.73 Å². The lowest BCUT2D eigenvalue weighted by Gasteiger charge is -2.08. The first kappa shape index (κ1) is 9.24. The van der Waals surface area contributed by atoms with Gasteiger partial charge >= 0.3 is 0 Å². The van der Waals surface area contributed by atoms with E-state index in [4.69, 9.17) is 5.73 Å². The number of H-pyrrole nitrogens is 1. The van der Waals surface area contributed by atoms with E-state index >= 15 is 0 Å². The molecule has 3 heteroatoms. The fourth-order valence-corrected chi connectivity index (χ4v) is 1.66. The normalized spacial score (nSPS) is 13.3. The summed E-state index contributed by atoms with van der Waals surface area (Å²) in [5.74, 6) is 0. The molecule has 4 N–H and O–H groups in total. The Morgan fingerprint density at radius 3 is 3.00 bits per heavy atom. The Balaban J connectivity index is 2.36. The minimum absolute atomic E-state index is 0.303. The van der Waals surface area contributed by atoms with Crippen LogP contribution in [0.5, 0.6) is 0 Å². The molecule has 0 aliphatic rings. The molecule has 1 atom stereocenters. The zero-order valence-electron chi connectivity index (χ0n) is 7.90. The molecule has 0 bridgehead atoms. The summed E-state index contributed by atoms with van der Waals surface area (Å²) >= 11 is 0. The van der Waals surface area contributed by atoms with E-state index in [-0.39, 0.29) is 0 Å². The number of nitrogens with two attached hydrogens (primary N) is 1. The van der Waals surface area contributed by atoms with E-state index in [0.717, 1.165) is 11.1 Å². The Labute approximate surface area is 82.6 Å². The molecule has 1 aromatic carbocycles. The van der Waals surface area contributed by atoms with Gasteiger partial charge in [-0.15, -0.1) is 0 Å². The Kier molecular flexibility index (Phi) is 2.52. The zero-order valence-corrected chi connectivity index (χ0v) is 7.90. The van der Waals surface area contributed by atoms with E-state index in [1.165, 1.54) is 5.39 Å². The fraction of sp³-hybridized carbons (Fsp3) is 0.273. The van der Waals surface area contributed by atoms with E-state index < -0.39 is 6.10 Å². The lowest BCUT2D eigenvalue weighted by molar-refractivity contribution is 0.183. The first-order valence-corrected chi connectivity index (χ1v) is 4.74. The molecule has 74 valence electrons. The highest BCUT2D eigenvalue weighted by Gasteiger charge is 2.06. The summed E-state index contributed by atoms with van der Waals surface area (Å²) in [5, 5.41) is 10.6. The number of hydrogen-bond donors (Lipinski definition) is 3. The highest BCUT2D eigenvalue weighted by molar-refractivity contribution is 5.82. The van der Waals surface area contributed by atoms with Crippen LogP contribution in [-0.4, -0.2) is 22.7 Å². The minimum atomic E-state index is -0.455. The van der Waals surface area contributed by atoms with Gasteiger partial charge in [0.2, 0.25) is 0 Å². The number of fused-ring (bicyclic) bond motifs is 1. The molecule has 0 amide bonds. The van der Waals surface area contributed by atoms with Crippen LogP contribution in [0.1, 0.15) is 5.56 Å². The van der Waals surface area contributed by atoms with Gasteiger partial charge in [-0.2, -0.15) is 0 Å². The fourth-order valence-electron chi connectivity index (χ4n) is 1.66. The lowest BCUT2D eigenvalue weighted by atomic mass is 10.1. The maximum atomic E-state index is 9.47. The molecule has 1 aromatic heterocycles. The van der Waals surface area contributed by atoms with Crippen LogP contribution in [0.15, 0.2) is 30.5 Å². The second kappa shape index (κ2) is 3.82. The number of aliphatic hydroxyl groups is 1. The van der Waals surface area contributed by atoms with Crippen LogP contribution in [0, 0.1) is 0 Å². The largest absolute Gasteiger partial charge is 0.391 e. The molecule has 0 radical (unpaired) electrons. The molecule has 0 aliphatic carbocycles. The predicted octanol–water partition coefficient (Wildman–Crippen LogP) is 1.03. The molecular weight excluding hydrogens is 176 g/mol. The number of rotatable bonds is 3. The number of aromatic amines is 1. The lowest BCUT2D eigenvalue weighted by Crippen LogP contribution is -2.22. The van der Waals surface area contributed by atoms with Gasteiger partial charge in [-0.25, -0.2) is 0 Å². The van der Waals surface area contributed by atoms with Gasteiger partial charge in [0.15, 0.2) is 0 Å². The number of hydrogen-bond acceptors (Lipinski definition) is 2. The smallest absolute Gasteiger partial charge is 0.0703 e. The Morgan fingerprint density at radius 1 is 1.36 bits per heavy atom.